The van der Waals surface area contributed by atoms with Crippen LogP contribution in [0.25, 0.3) is 0 Å². The summed E-state index contributed by atoms with van der Waals surface area (Å²) in [5.74, 6) is 1.17. The smallest absolute Gasteiger partial charge is 0.0836 e. The first-order chi connectivity index (χ1) is 10.8. The van der Waals surface area contributed by atoms with Crippen molar-refractivity contribution in [1.82, 2.24) is 0 Å². The molecule has 130 valence electrons. The van der Waals surface area contributed by atoms with Crippen LogP contribution >= 0.6 is 0 Å². The van der Waals surface area contributed by atoms with Crippen molar-refractivity contribution >= 4 is 0 Å². The average molecular weight is 320 g/mol. The van der Waals surface area contributed by atoms with Crippen LogP contribution in [0.2, 0.25) is 0 Å². The lowest BCUT2D eigenvalue weighted by Crippen LogP contribution is -2.63. The molecule has 0 aromatic carbocycles. The normalized spacial score (nSPS) is 59.2. The summed E-state index contributed by atoms with van der Waals surface area (Å²) in [6.07, 6.45) is 5.32. The first-order valence-electron chi connectivity index (χ1n) is 9.51. The molecule has 0 heterocycles. The molecule has 4 saturated carbocycles. The van der Waals surface area contributed by atoms with Gasteiger partial charge in [0.15, 0.2) is 0 Å². The Labute approximate surface area is 139 Å². The highest BCUT2D eigenvalue weighted by molar-refractivity contribution is 5.23. The van der Waals surface area contributed by atoms with Crippen LogP contribution in [-0.2, 0) is 0 Å². The Hall–Kier alpha value is -0.380. The first-order valence-corrected chi connectivity index (χ1v) is 9.51. The fourth-order valence-corrected chi connectivity index (χ4v) is 7.15. The van der Waals surface area contributed by atoms with E-state index in [1.165, 1.54) is 12.0 Å². The van der Waals surface area contributed by atoms with Gasteiger partial charge in [-0.05, 0) is 79.4 Å². The van der Waals surface area contributed by atoms with Gasteiger partial charge in [-0.25, -0.2) is 0 Å². The van der Waals surface area contributed by atoms with Gasteiger partial charge in [-0.15, -0.1) is 0 Å². The van der Waals surface area contributed by atoms with E-state index in [2.05, 4.69) is 20.4 Å². The van der Waals surface area contributed by atoms with Crippen molar-refractivity contribution in [3.05, 3.63) is 12.2 Å². The quantitative estimate of drug-likeness (QED) is 0.602. The van der Waals surface area contributed by atoms with Gasteiger partial charge < -0.3 is 15.3 Å². The molecule has 4 aliphatic rings. The standard InChI is InChI=1S/C20H32O3/c1-11-4-5-13-16-14(7-9-19(11,13)2)20(3)8-6-12(21)10-15(20)17(22)18(16)23/h12-18,21-23H,1,4-10H2,2-3H3/t12-,13?,14?,15?,16?,17+,18+,19+,20+/m0/s1. The molecular weight excluding hydrogens is 288 g/mol. The summed E-state index contributed by atoms with van der Waals surface area (Å²) in [4.78, 5) is 0. The van der Waals surface area contributed by atoms with E-state index in [9.17, 15) is 15.3 Å². The van der Waals surface area contributed by atoms with E-state index >= 15 is 0 Å². The van der Waals surface area contributed by atoms with Crippen LogP contribution in [0.1, 0.15) is 58.8 Å². The zero-order chi connectivity index (χ0) is 16.6. The minimum atomic E-state index is -0.688. The van der Waals surface area contributed by atoms with Gasteiger partial charge >= 0.3 is 0 Å². The molecule has 4 aliphatic carbocycles. The third kappa shape index (κ3) is 1.99. The summed E-state index contributed by atoms with van der Waals surface area (Å²) in [7, 11) is 0. The maximum atomic E-state index is 11.0. The fourth-order valence-electron chi connectivity index (χ4n) is 7.15. The zero-order valence-corrected chi connectivity index (χ0v) is 14.5. The first kappa shape index (κ1) is 16.1. The molecule has 0 radical (unpaired) electrons. The Bertz CT molecular complexity index is 517. The summed E-state index contributed by atoms with van der Waals surface area (Å²) in [5.41, 5.74) is 1.57. The highest BCUT2D eigenvalue weighted by Crippen LogP contribution is 2.67. The number of aliphatic hydroxyl groups excluding tert-OH is 3. The van der Waals surface area contributed by atoms with Crippen LogP contribution in [0.3, 0.4) is 0 Å². The lowest BCUT2D eigenvalue weighted by atomic mass is 9.43. The van der Waals surface area contributed by atoms with Crippen molar-refractivity contribution in [2.45, 2.75) is 77.1 Å². The number of rotatable bonds is 0. The third-order valence-corrected chi connectivity index (χ3v) is 8.68. The molecule has 0 spiro atoms. The Balaban J connectivity index is 1.73. The van der Waals surface area contributed by atoms with Crippen molar-refractivity contribution in [2.24, 2.45) is 34.5 Å². The second-order valence-corrected chi connectivity index (χ2v) is 9.41. The van der Waals surface area contributed by atoms with Crippen LogP contribution in [0, 0.1) is 34.5 Å². The SMILES string of the molecule is C=C1CCC2C3C(CC[C@]12C)[C@@]1(C)CC[C@H](O)CC1[C@@H](O)[C@@H]3O. The van der Waals surface area contributed by atoms with Crippen LogP contribution in [0.5, 0.6) is 0 Å². The van der Waals surface area contributed by atoms with E-state index in [-0.39, 0.29) is 28.8 Å². The molecule has 4 unspecified atom stereocenters. The highest BCUT2D eigenvalue weighted by atomic mass is 16.3. The minimum absolute atomic E-state index is 0.0384. The monoisotopic (exact) mass is 320 g/mol. The molecular formula is C20H32O3. The largest absolute Gasteiger partial charge is 0.393 e. The van der Waals surface area contributed by atoms with Gasteiger partial charge in [0.2, 0.25) is 0 Å². The topological polar surface area (TPSA) is 60.7 Å². The molecule has 23 heavy (non-hydrogen) atoms. The van der Waals surface area contributed by atoms with Crippen molar-refractivity contribution in [2.75, 3.05) is 0 Å². The zero-order valence-electron chi connectivity index (χ0n) is 14.5. The Morgan fingerprint density at radius 1 is 0.913 bits per heavy atom. The summed E-state index contributed by atoms with van der Waals surface area (Å²) >= 11 is 0. The number of fused-ring (bicyclic) bond motifs is 5. The Morgan fingerprint density at radius 3 is 2.39 bits per heavy atom. The van der Waals surface area contributed by atoms with E-state index in [4.69, 9.17) is 0 Å². The molecule has 9 atom stereocenters. The van der Waals surface area contributed by atoms with E-state index in [0.717, 1.165) is 32.1 Å². The number of aliphatic hydroxyl groups is 3. The van der Waals surface area contributed by atoms with Crippen LogP contribution in [0.4, 0.5) is 0 Å². The van der Waals surface area contributed by atoms with E-state index in [1.54, 1.807) is 0 Å². The van der Waals surface area contributed by atoms with Gasteiger partial charge in [0.1, 0.15) is 0 Å². The van der Waals surface area contributed by atoms with E-state index < -0.39 is 12.2 Å². The molecule has 0 aromatic heterocycles. The van der Waals surface area contributed by atoms with E-state index in [0.29, 0.717) is 18.3 Å². The van der Waals surface area contributed by atoms with Crippen molar-refractivity contribution < 1.29 is 15.3 Å². The van der Waals surface area contributed by atoms with Crippen molar-refractivity contribution in [3.63, 3.8) is 0 Å². The molecule has 3 N–H and O–H groups in total. The summed E-state index contributed by atoms with van der Waals surface area (Å²) in [5, 5.41) is 32.0. The molecule has 0 saturated heterocycles. The molecule has 4 fully saturated rings. The van der Waals surface area contributed by atoms with E-state index in [1.807, 2.05) is 0 Å². The molecule has 3 nitrogen and oxygen atoms in total. The average Bonchev–Trinajstić information content (AvgIpc) is 2.82. The van der Waals surface area contributed by atoms with Crippen molar-refractivity contribution in [1.29, 1.82) is 0 Å². The Morgan fingerprint density at radius 2 is 1.65 bits per heavy atom. The molecule has 0 bridgehead atoms. The van der Waals surface area contributed by atoms with Crippen LogP contribution < -0.4 is 0 Å². The van der Waals surface area contributed by atoms with Crippen LogP contribution in [-0.4, -0.2) is 33.6 Å². The lowest BCUT2D eigenvalue weighted by molar-refractivity contribution is -0.217. The highest BCUT2D eigenvalue weighted by Gasteiger charge is 2.63. The second kappa shape index (κ2) is 5.06. The molecule has 0 aliphatic heterocycles. The van der Waals surface area contributed by atoms with Gasteiger partial charge in [-0.1, -0.05) is 26.0 Å². The maximum Gasteiger partial charge on any atom is 0.0836 e. The van der Waals surface area contributed by atoms with Gasteiger partial charge in [0, 0.05) is 0 Å². The third-order valence-electron chi connectivity index (χ3n) is 8.68. The predicted molar refractivity (Wildman–Crippen MR) is 89.7 cm³/mol. The molecule has 0 aromatic rings. The molecule has 0 amide bonds. The number of hydrogen-bond acceptors (Lipinski definition) is 3. The van der Waals surface area contributed by atoms with Crippen molar-refractivity contribution in [3.8, 4) is 0 Å². The predicted octanol–water partition coefficient (Wildman–Crippen LogP) is 2.89. The minimum Gasteiger partial charge on any atom is -0.393 e. The number of hydrogen-bond donors (Lipinski definition) is 3. The van der Waals surface area contributed by atoms with Crippen LogP contribution in [0.15, 0.2) is 12.2 Å². The second-order valence-electron chi connectivity index (χ2n) is 9.41. The maximum absolute atomic E-state index is 11.0. The lowest BCUT2D eigenvalue weighted by Gasteiger charge is -2.63. The van der Waals surface area contributed by atoms with Gasteiger partial charge in [0.25, 0.3) is 0 Å². The van der Waals surface area contributed by atoms with Gasteiger partial charge in [-0.3, -0.25) is 0 Å². The summed E-state index contributed by atoms with van der Waals surface area (Å²) in [6.45, 7) is 8.98. The molecule has 3 heteroatoms. The number of allylic oxidation sites excluding steroid dienone is 1. The fraction of sp³-hybridized carbons (Fsp3) is 0.900. The van der Waals surface area contributed by atoms with Gasteiger partial charge in [0.05, 0.1) is 18.3 Å². The summed E-state index contributed by atoms with van der Waals surface area (Å²) < 4.78 is 0. The Kier molecular flexibility index (Phi) is 3.54. The molecule has 4 rings (SSSR count). The van der Waals surface area contributed by atoms with Gasteiger partial charge in [-0.2, -0.15) is 0 Å². The summed E-state index contributed by atoms with van der Waals surface area (Å²) in [6, 6.07) is 0.